The van der Waals surface area contributed by atoms with Crippen LogP contribution in [0.4, 0.5) is 13.2 Å². The molecule has 1 aliphatic heterocycles. The van der Waals surface area contributed by atoms with Gasteiger partial charge in [0.2, 0.25) is 0 Å². The molecule has 2 rings (SSSR count). The smallest absolute Gasteiger partial charge is 0.416 e. The van der Waals surface area contributed by atoms with E-state index in [0.717, 1.165) is 12.1 Å². The number of nitrogens with one attached hydrogen (secondary N) is 1. The van der Waals surface area contributed by atoms with Crippen LogP contribution in [0.5, 0.6) is 0 Å². The van der Waals surface area contributed by atoms with Gasteiger partial charge in [0.25, 0.3) is 0 Å². The average molecular weight is 294 g/mol. The summed E-state index contributed by atoms with van der Waals surface area (Å²) in [6, 6.07) is 2.63. The number of carbonyl (C=O) groups is 1. The molecule has 0 aliphatic carbocycles. The highest BCUT2D eigenvalue weighted by atomic mass is 35.5. The summed E-state index contributed by atoms with van der Waals surface area (Å²) in [6.45, 7) is 0.412. The summed E-state index contributed by atoms with van der Waals surface area (Å²) in [5.41, 5.74) is -0.459. The number of rotatable bonds is 3. The highest BCUT2D eigenvalue weighted by molar-refractivity contribution is 6.31. The van der Waals surface area contributed by atoms with Crippen molar-refractivity contribution >= 4 is 17.6 Å². The van der Waals surface area contributed by atoms with Crippen molar-refractivity contribution in [2.45, 2.75) is 25.2 Å². The Balaban J connectivity index is 2.09. The number of halogens is 4. The largest absolute Gasteiger partial charge is 0.464 e. The van der Waals surface area contributed by atoms with Crippen LogP contribution in [0.15, 0.2) is 18.2 Å². The third kappa shape index (κ3) is 3.39. The van der Waals surface area contributed by atoms with Crippen LogP contribution < -0.4 is 5.32 Å². The van der Waals surface area contributed by atoms with E-state index in [1.807, 2.05) is 0 Å². The van der Waals surface area contributed by atoms with Gasteiger partial charge in [-0.2, -0.15) is 13.2 Å². The maximum Gasteiger partial charge on any atom is 0.416 e. The van der Waals surface area contributed by atoms with E-state index < -0.39 is 17.8 Å². The summed E-state index contributed by atoms with van der Waals surface area (Å²) < 4.78 is 42.4. The molecule has 0 spiro atoms. The Kier molecular flexibility index (Phi) is 4.01. The maximum atomic E-state index is 12.6. The number of esters is 1. The molecular weight excluding hydrogens is 283 g/mol. The van der Waals surface area contributed by atoms with Gasteiger partial charge >= 0.3 is 12.1 Å². The van der Waals surface area contributed by atoms with Crippen LogP contribution in [0, 0.1) is 0 Å². The molecule has 0 bridgehead atoms. The van der Waals surface area contributed by atoms with Crippen molar-refractivity contribution in [2.24, 2.45) is 0 Å². The first-order valence-corrected chi connectivity index (χ1v) is 6.01. The average Bonchev–Trinajstić information content (AvgIpc) is 2.72. The third-order valence-corrected chi connectivity index (χ3v) is 3.22. The second kappa shape index (κ2) is 5.38. The number of alkyl halides is 3. The lowest BCUT2D eigenvalue weighted by molar-refractivity contribution is -0.140. The van der Waals surface area contributed by atoms with Crippen LogP contribution in [0.1, 0.15) is 17.5 Å². The monoisotopic (exact) mass is 293 g/mol. The number of carbonyl (C=O) groups excluding carboxylic acids is 1. The van der Waals surface area contributed by atoms with Gasteiger partial charge in [-0.3, -0.25) is 4.79 Å². The second-order valence-corrected chi connectivity index (χ2v) is 4.60. The normalized spacial score (nSPS) is 19.6. The maximum absolute atomic E-state index is 12.6. The van der Waals surface area contributed by atoms with Crippen molar-refractivity contribution in [2.75, 3.05) is 6.61 Å². The van der Waals surface area contributed by atoms with Gasteiger partial charge in [-0.1, -0.05) is 11.6 Å². The van der Waals surface area contributed by atoms with E-state index >= 15 is 0 Å². The Morgan fingerprint density at radius 1 is 1.42 bits per heavy atom. The van der Waals surface area contributed by atoms with Gasteiger partial charge in [-0.15, -0.1) is 0 Å². The molecule has 0 unspecified atom stereocenters. The lowest BCUT2D eigenvalue weighted by atomic mass is 10.1. The lowest BCUT2D eigenvalue weighted by Crippen LogP contribution is -2.32. The van der Waals surface area contributed by atoms with Crippen molar-refractivity contribution in [3.05, 3.63) is 34.3 Å². The first kappa shape index (κ1) is 14.1. The van der Waals surface area contributed by atoms with E-state index in [2.05, 4.69) is 5.32 Å². The standard InChI is InChI=1S/C12H11ClF3NO2/c13-9-2-1-8(12(14,15)16)5-7(9)6-17-10-3-4-19-11(10)18/h1-2,5,10,17H,3-4,6H2/t10-/m0/s1. The molecule has 7 heteroatoms. The summed E-state index contributed by atoms with van der Waals surface area (Å²) in [6.07, 6.45) is -3.90. The Labute approximate surface area is 112 Å². The zero-order valence-electron chi connectivity index (χ0n) is 9.76. The van der Waals surface area contributed by atoms with Gasteiger partial charge in [0.1, 0.15) is 6.04 Å². The minimum absolute atomic E-state index is 0.0858. The molecule has 19 heavy (non-hydrogen) atoms. The molecule has 1 aromatic rings. The van der Waals surface area contributed by atoms with E-state index in [-0.39, 0.29) is 17.5 Å². The summed E-state index contributed by atoms with van der Waals surface area (Å²) in [4.78, 5) is 11.2. The van der Waals surface area contributed by atoms with Crippen molar-refractivity contribution in [1.29, 1.82) is 0 Å². The van der Waals surface area contributed by atoms with Gasteiger partial charge in [0.15, 0.2) is 0 Å². The van der Waals surface area contributed by atoms with Gasteiger partial charge in [0, 0.05) is 18.0 Å². The molecule has 1 fully saturated rings. The molecule has 1 saturated heterocycles. The zero-order chi connectivity index (χ0) is 14.0. The molecule has 104 valence electrons. The Bertz CT molecular complexity index is 490. The first-order chi connectivity index (χ1) is 8.88. The van der Waals surface area contributed by atoms with E-state index in [9.17, 15) is 18.0 Å². The van der Waals surface area contributed by atoms with Crippen molar-refractivity contribution in [3.8, 4) is 0 Å². The zero-order valence-corrected chi connectivity index (χ0v) is 10.5. The van der Waals surface area contributed by atoms with Crippen LogP contribution in [0.3, 0.4) is 0 Å². The molecule has 1 aliphatic rings. The van der Waals surface area contributed by atoms with Crippen LogP contribution >= 0.6 is 11.6 Å². The minimum Gasteiger partial charge on any atom is -0.464 e. The lowest BCUT2D eigenvalue weighted by Gasteiger charge is -2.13. The fourth-order valence-corrected chi connectivity index (χ4v) is 1.99. The van der Waals surface area contributed by atoms with E-state index in [1.165, 1.54) is 6.07 Å². The topological polar surface area (TPSA) is 38.3 Å². The quantitative estimate of drug-likeness (QED) is 0.871. The molecule has 3 nitrogen and oxygen atoms in total. The molecule has 1 N–H and O–H groups in total. The predicted octanol–water partition coefficient (Wildman–Crippen LogP) is 2.76. The molecule has 0 aromatic heterocycles. The molecule has 0 radical (unpaired) electrons. The molecule has 1 heterocycles. The van der Waals surface area contributed by atoms with E-state index in [0.29, 0.717) is 18.6 Å². The van der Waals surface area contributed by atoms with Crippen molar-refractivity contribution in [1.82, 2.24) is 5.32 Å². The molecule has 0 amide bonds. The molecule has 1 aromatic carbocycles. The van der Waals surface area contributed by atoms with Crippen molar-refractivity contribution < 1.29 is 22.7 Å². The second-order valence-electron chi connectivity index (χ2n) is 4.19. The van der Waals surface area contributed by atoms with E-state index in [1.54, 1.807) is 0 Å². The van der Waals surface area contributed by atoms with Crippen LogP contribution in [0.2, 0.25) is 5.02 Å². The Hall–Kier alpha value is -1.27. The fraction of sp³-hybridized carbons (Fsp3) is 0.417. The minimum atomic E-state index is -4.41. The SMILES string of the molecule is O=C1OCC[C@@H]1NCc1cc(C(F)(F)F)ccc1Cl. The Morgan fingerprint density at radius 2 is 2.16 bits per heavy atom. The van der Waals surface area contributed by atoms with Crippen LogP contribution in [0.25, 0.3) is 0 Å². The number of hydrogen-bond acceptors (Lipinski definition) is 3. The van der Waals surface area contributed by atoms with E-state index in [4.69, 9.17) is 16.3 Å². The van der Waals surface area contributed by atoms with Gasteiger partial charge in [-0.25, -0.2) is 0 Å². The molecule has 0 saturated carbocycles. The number of ether oxygens (including phenoxy) is 1. The first-order valence-electron chi connectivity index (χ1n) is 5.63. The highest BCUT2D eigenvalue weighted by Crippen LogP contribution is 2.31. The number of hydrogen-bond donors (Lipinski definition) is 1. The summed E-state index contributed by atoms with van der Waals surface area (Å²) >= 11 is 5.84. The van der Waals surface area contributed by atoms with Gasteiger partial charge < -0.3 is 10.1 Å². The van der Waals surface area contributed by atoms with Gasteiger partial charge in [0.05, 0.1) is 12.2 Å². The summed E-state index contributed by atoms with van der Waals surface area (Å²) in [5.74, 6) is -0.386. The summed E-state index contributed by atoms with van der Waals surface area (Å²) in [7, 11) is 0. The number of benzene rings is 1. The summed E-state index contributed by atoms with van der Waals surface area (Å²) in [5, 5.41) is 3.07. The molecular formula is C12H11ClF3NO2. The third-order valence-electron chi connectivity index (χ3n) is 2.85. The van der Waals surface area contributed by atoms with Crippen molar-refractivity contribution in [3.63, 3.8) is 0 Å². The fourth-order valence-electron chi connectivity index (χ4n) is 1.80. The Morgan fingerprint density at radius 3 is 2.74 bits per heavy atom. The predicted molar refractivity (Wildman–Crippen MR) is 62.7 cm³/mol. The molecule has 1 atom stereocenters. The van der Waals surface area contributed by atoms with Crippen LogP contribution in [-0.2, 0) is 22.3 Å². The highest BCUT2D eigenvalue weighted by Gasteiger charge is 2.31. The number of cyclic esters (lactones) is 1. The van der Waals surface area contributed by atoms with Gasteiger partial charge in [-0.05, 0) is 23.8 Å². The van der Waals surface area contributed by atoms with Crippen LogP contribution in [-0.4, -0.2) is 18.6 Å².